The highest BCUT2D eigenvalue weighted by molar-refractivity contribution is 6.33. The summed E-state index contributed by atoms with van der Waals surface area (Å²) in [6.07, 6.45) is 1.15. The molecule has 0 fully saturated rings. The van der Waals surface area contributed by atoms with Crippen LogP contribution >= 0.6 is 11.6 Å². The van der Waals surface area contributed by atoms with E-state index in [1.807, 2.05) is 0 Å². The van der Waals surface area contributed by atoms with Gasteiger partial charge in [0.1, 0.15) is 5.82 Å². The van der Waals surface area contributed by atoms with Gasteiger partial charge in [0, 0.05) is 27.1 Å². The highest BCUT2D eigenvalue weighted by Crippen LogP contribution is 2.22. The maximum atomic E-state index is 12.9. The van der Waals surface area contributed by atoms with Crippen LogP contribution in [0.3, 0.4) is 0 Å². The Balaban J connectivity index is 2.36. The molecule has 0 saturated carbocycles. The zero-order valence-corrected chi connectivity index (χ0v) is 10.7. The summed E-state index contributed by atoms with van der Waals surface area (Å²) in [6, 6.07) is 4.16. The molecule has 3 nitrogen and oxygen atoms in total. The number of hydrogen-bond acceptors (Lipinski definition) is 2. The normalized spacial score (nSPS) is 10.1. The van der Waals surface area contributed by atoms with Crippen molar-refractivity contribution in [3.05, 3.63) is 29.0 Å². The third-order valence-electron chi connectivity index (χ3n) is 2.31. The SMILES string of the molecule is CN(C)C(=O)CCCNc1cc(F)ccc1Cl. The van der Waals surface area contributed by atoms with Crippen molar-refractivity contribution in [3.63, 3.8) is 0 Å². The van der Waals surface area contributed by atoms with E-state index in [9.17, 15) is 9.18 Å². The number of anilines is 1. The average molecular weight is 259 g/mol. The topological polar surface area (TPSA) is 32.3 Å². The van der Waals surface area contributed by atoms with Crippen molar-refractivity contribution < 1.29 is 9.18 Å². The Morgan fingerprint density at radius 2 is 2.18 bits per heavy atom. The molecule has 0 unspecified atom stereocenters. The first kappa shape index (κ1) is 13.8. The van der Waals surface area contributed by atoms with Gasteiger partial charge >= 0.3 is 0 Å². The van der Waals surface area contributed by atoms with Gasteiger partial charge in [0.05, 0.1) is 10.7 Å². The molecule has 5 heteroatoms. The van der Waals surface area contributed by atoms with Crippen molar-refractivity contribution in [3.8, 4) is 0 Å². The molecule has 1 amide bonds. The van der Waals surface area contributed by atoms with Gasteiger partial charge < -0.3 is 10.2 Å². The average Bonchev–Trinajstić information content (AvgIpc) is 2.28. The van der Waals surface area contributed by atoms with E-state index >= 15 is 0 Å². The molecular weight excluding hydrogens is 243 g/mol. The number of halogens is 2. The molecule has 0 aliphatic carbocycles. The van der Waals surface area contributed by atoms with E-state index in [1.165, 1.54) is 18.2 Å². The van der Waals surface area contributed by atoms with Crippen LogP contribution in [0.2, 0.25) is 5.02 Å². The standard InChI is InChI=1S/C12H16ClFN2O/c1-16(2)12(17)4-3-7-15-11-8-9(14)5-6-10(11)13/h5-6,8,15H,3-4,7H2,1-2H3. The van der Waals surface area contributed by atoms with Gasteiger partial charge in [0.2, 0.25) is 5.91 Å². The third kappa shape index (κ3) is 4.61. The Labute approximate surface area is 106 Å². The minimum absolute atomic E-state index is 0.0807. The number of carbonyl (C=O) groups is 1. The Kier molecular flexibility index (Phi) is 5.22. The van der Waals surface area contributed by atoms with E-state index in [0.717, 1.165) is 0 Å². The Hall–Kier alpha value is -1.29. The second-order valence-electron chi connectivity index (χ2n) is 3.94. The van der Waals surface area contributed by atoms with Crippen LogP contribution < -0.4 is 5.32 Å². The van der Waals surface area contributed by atoms with Crippen molar-refractivity contribution in [2.45, 2.75) is 12.8 Å². The number of nitrogens with one attached hydrogen (secondary N) is 1. The molecule has 94 valence electrons. The quantitative estimate of drug-likeness (QED) is 0.824. The summed E-state index contributed by atoms with van der Waals surface area (Å²) in [5.41, 5.74) is 0.559. The first-order valence-electron chi connectivity index (χ1n) is 5.40. The van der Waals surface area contributed by atoms with E-state index < -0.39 is 0 Å². The zero-order chi connectivity index (χ0) is 12.8. The van der Waals surface area contributed by atoms with Crippen LogP contribution in [0.4, 0.5) is 10.1 Å². The van der Waals surface area contributed by atoms with Gasteiger partial charge in [-0.1, -0.05) is 11.6 Å². The molecule has 0 aromatic heterocycles. The lowest BCUT2D eigenvalue weighted by molar-refractivity contribution is -0.128. The van der Waals surface area contributed by atoms with Gasteiger partial charge in [-0.05, 0) is 24.6 Å². The molecule has 17 heavy (non-hydrogen) atoms. The summed E-state index contributed by atoms with van der Waals surface area (Å²) in [5.74, 6) is -0.251. The van der Waals surface area contributed by atoms with E-state index in [4.69, 9.17) is 11.6 Å². The minimum Gasteiger partial charge on any atom is -0.384 e. The number of nitrogens with zero attached hydrogens (tertiary/aromatic N) is 1. The fourth-order valence-corrected chi connectivity index (χ4v) is 1.50. The Bertz CT molecular complexity index is 396. The van der Waals surface area contributed by atoms with Crippen LogP contribution in [0.1, 0.15) is 12.8 Å². The second kappa shape index (κ2) is 6.45. The Morgan fingerprint density at radius 1 is 1.47 bits per heavy atom. The van der Waals surface area contributed by atoms with E-state index in [0.29, 0.717) is 30.1 Å². The van der Waals surface area contributed by atoms with Gasteiger partial charge in [-0.25, -0.2) is 4.39 Å². The summed E-state index contributed by atoms with van der Waals surface area (Å²) < 4.78 is 12.9. The van der Waals surface area contributed by atoms with Crippen molar-refractivity contribution in [1.82, 2.24) is 4.90 Å². The summed E-state index contributed by atoms with van der Waals surface area (Å²) in [7, 11) is 3.44. The van der Waals surface area contributed by atoms with E-state index in [-0.39, 0.29) is 11.7 Å². The van der Waals surface area contributed by atoms with E-state index in [2.05, 4.69) is 5.32 Å². The lowest BCUT2D eigenvalue weighted by Gasteiger charge is -2.11. The lowest BCUT2D eigenvalue weighted by atomic mass is 10.2. The zero-order valence-electron chi connectivity index (χ0n) is 9.96. The van der Waals surface area contributed by atoms with Crippen LogP contribution in [0.5, 0.6) is 0 Å². The number of benzene rings is 1. The number of amides is 1. The molecule has 1 aromatic carbocycles. The summed E-state index contributed by atoms with van der Waals surface area (Å²) >= 11 is 5.88. The van der Waals surface area contributed by atoms with Crippen LogP contribution in [0.15, 0.2) is 18.2 Å². The van der Waals surface area contributed by atoms with Crippen molar-refractivity contribution in [1.29, 1.82) is 0 Å². The highest BCUT2D eigenvalue weighted by Gasteiger charge is 2.04. The molecule has 0 radical (unpaired) electrons. The van der Waals surface area contributed by atoms with Gasteiger partial charge in [-0.15, -0.1) is 0 Å². The van der Waals surface area contributed by atoms with E-state index in [1.54, 1.807) is 19.0 Å². The van der Waals surface area contributed by atoms with Crippen LogP contribution in [0.25, 0.3) is 0 Å². The molecule has 0 atom stereocenters. The van der Waals surface area contributed by atoms with Crippen molar-refractivity contribution in [2.24, 2.45) is 0 Å². The molecule has 1 N–H and O–H groups in total. The molecule has 0 heterocycles. The molecule has 0 aliphatic rings. The first-order chi connectivity index (χ1) is 8.00. The van der Waals surface area contributed by atoms with Crippen molar-refractivity contribution in [2.75, 3.05) is 26.0 Å². The second-order valence-corrected chi connectivity index (χ2v) is 4.35. The molecular formula is C12H16ClFN2O. The summed E-state index contributed by atoms with van der Waals surface area (Å²) in [4.78, 5) is 12.8. The van der Waals surface area contributed by atoms with Crippen LogP contribution in [-0.4, -0.2) is 31.4 Å². The van der Waals surface area contributed by atoms with Crippen LogP contribution in [-0.2, 0) is 4.79 Å². The number of hydrogen-bond donors (Lipinski definition) is 1. The van der Waals surface area contributed by atoms with Gasteiger partial charge in [0.25, 0.3) is 0 Å². The molecule has 0 saturated heterocycles. The summed E-state index contributed by atoms with van der Waals surface area (Å²) in [5, 5.41) is 3.48. The highest BCUT2D eigenvalue weighted by atomic mass is 35.5. The molecule has 0 aliphatic heterocycles. The molecule has 1 rings (SSSR count). The monoisotopic (exact) mass is 258 g/mol. The lowest BCUT2D eigenvalue weighted by Crippen LogP contribution is -2.22. The van der Waals surface area contributed by atoms with Gasteiger partial charge in [-0.3, -0.25) is 4.79 Å². The molecule has 0 spiro atoms. The number of carbonyl (C=O) groups excluding carboxylic acids is 1. The molecule has 0 bridgehead atoms. The maximum Gasteiger partial charge on any atom is 0.222 e. The van der Waals surface area contributed by atoms with Crippen molar-refractivity contribution >= 4 is 23.2 Å². The third-order valence-corrected chi connectivity index (χ3v) is 2.64. The van der Waals surface area contributed by atoms with Gasteiger partial charge in [-0.2, -0.15) is 0 Å². The fraction of sp³-hybridized carbons (Fsp3) is 0.417. The minimum atomic E-state index is -0.332. The predicted octanol–water partition coefficient (Wildman–Crippen LogP) is 2.76. The van der Waals surface area contributed by atoms with Crippen LogP contribution in [0, 0.1) is 5.82 Å². The first-order valence-corrected chi connectivity index (χ1v) is 5.77. The molecule has 1 aromatic rings. The largest absolute Gasteiger partial charge is 0.384 e. The smallest absolute Gasteiger partial charge is 0.222 e. The number of rotatable bonds is 5. The van der Waals surface area contributed by atoms with Gasteiger partial charge in [0.15, 0.2) is 0 Å². The Morgan fingerprint density at radius 3 is 2.82 bits per heavy atom. The fourth-order valence-electron chi connectivity index (χ4n) is 1.32. The summed E-state index contributed by atoms with van der Waals surface area (Å²) in [6.45, 7) is 0.586. The predicted molar refractivity (Wildman–Crippen MR) is 67.8 cm³/mol. The maximum absolute atomic E-state index is 12.9.